The van der Waals surface area contributed by atoms with Crippen LogP contribution in [0.15, 0.2) is 72.8 Å². The van der Waals surface area contributed by atoms with E-state index in [1.807, 2.05) is 51.1 Å². The van der Waals surface area contributed by atoms with E-state index in [0.717, 1.165) is 5.56 Å². The van der Waals surface area contributed by atoms with Crippen LogP contribution >= 0.6 is 0 Å². The second kappa shape index (κ2) is 9.06. The van der Waals surface area contributed by atoms with E-state index in [-0.39, 0.29) is 5.91 Å². The third-order valence-corrected chi connectivity index (χ3v) is 5.74. The molecule has 0 fully saturated rings. The number of hydrogen-bond acceptors (Lipinski definition) is 5. The fourth-order valence-electron chi connectivity index (χ4n) is 4.11. The molecule has 0 saturated carbocycles. The van der Waals surface area contributed by atoms with E-state index in [9.17, 15) is 9.59 Å². The number of benzene rings is 3. The summed E-state index contributed by atoms with van der Waals surface area (Å²) in [6.07, 6.45) is 1.90. The SMILES string of the molecule is COC1=CC(C)(C)N(C(=O)c2cccc(C)c2)c2ccc(OC(=O)c3cccc(OC)c3)cc21. The number of anilines is 1. The minimum Gasteiger partial charge on any atom is -0.497 e. The molecule has 3 aromatic carbocycles. The number of carbonyl (C=O) groups is 2. The summed E-state index contributed by atoms with van der Waals surface area (Å²) in [4.78, 5) is 28.0. The third kappa shape index (κ3) is 4.39. The lowest BCUT2D eigenvalue weighted by Gasteiger charge is -2.41. The molecule has 1 amide bonds. The van der Waals surface area contributed by atoms with Gasteiger partial charge in [0, 0.05) is 11.1 Å². The van der Waals surface area contributed by atoms with Crippen molar-refractivity contribution in [2.75, 3.05) is 19.1 Å². The molecular weight excluding hydrogens is 430 g/mol. The second-order valence-electron chi connectivity index (χ2n) is 8.68. The highest BCUT2D eigenvalue weighted by Crippen LogP contribution is 2.42. The van der Waals surface area contributed by atoms with Gasteiger partial charge in [0.15, 0.2) is 0 Å². The summed E-state index contributed by atoms with van der Waals surface area (Å²) in [5, 5.41) is 0. The van der Waals surface area contributed by atoms with Gasteiger partial charge >= 0.3 is 5.97 Å². The van der Waals surface area contributed by atoms with Crippen molar-refractivity contribution in [2.45, 2.75) is 26.3 Å². The molecule has 0 radical (unpaired) electrons. The average molecular weight is 458 g/mol. The number of hydrogen-bond donors (Lipinski definition) is 0. The average Bonchev–Trinajstić information content (AvgIpc) is 2.83. The number of nitrogens with zero attached hydrogens (tertiary/aromatic N) is 1. The first-order valence-electron chi connectivity index (χ1n) is 10.9. The summed E-state index contributed by atoms with van der Waals surface area (Å²) < 4.78 is 16.5. The molecule has 3 aromatic rings. The summed E-state index contributed by atoms with van der Waals surface area (Å²) >= 11 is 0. The van der Waals surface area contributed by atoms with E-state index in [1.165, 1.54) is 7.11 Å². The molecule has 0 spiro atoms. The molecule has 0 saturated heterocycles. The molecule has 1 aliphatic rings. The molecule has 0 aromatic heterocycles. The number of ether oxygens (including phenoxy) is 3. The van der Waals surface area contributed by atoms with Crippen molar-refractivity contribution >= 4 is 23.3 Å². The van der Waals surface area contributed by atoms with Crippen molar-refractivity contribution in [3.05, 3.63) is 95.1 Å². The Morgan fingerprint density at radius 2 is 1.56 bits per heavy atom. The molecule has 6 nitrogen and oxygen atoms in total. The van der Waals surface area contributed by atoms with Gasteiger partial charge in [0.1, 0.15) is 17.3 Å². The molecular formula is C28H27NO5. The fourth-order valence-corrected chi connectivity index (χ4v) is 4.11. The lowest BCUT2D eigenvalue weighted by atomic mass is 9.91. The highest BCUT2D eigenvalue weighted by atomic mass is 16.5. The Kier molecular flexibility index (Phi) is 6.16. The Morgan fingerprint density at radius 1 is 0.824 bits per heavy atom. The lowest BCUT2D eigenvalue weighted by Crippen LogP contribution is -2.49. The lowest BCUT2D eigenvalue weighted by molar-refractivity contribution is 0.0733. The summed E-state index contributed by atoms with van der Waals surface area (Å²) in [5.41, 5.74) is 2.68. The number of rotatable bonds is 5. The van der Waals surface area contributed by atoms with Crippen LogP contribution in [0.5, 0.6) is 11.5 Å². The van der Waals surface area contributed by atoms with Gasteiger partial charge in [-0.15, -0.1) is 0 Å². The van der Waals surface area contributed by atoms with E-state index < -0.39 is 11.5 Å². The summed E-state index contributed by atoms with van der Waals surface area (Å²) in [7, 11) is 3.12. The van der Waals surface area contributed by atoms with Crippen LogP contribution in [0.25, 0.3) is 5.76 Å². The molecule has 6 heteroatoms. The van der Waals surface area contributed by atoms with Crippen LogP contribution in [0.3, 0.4) is 0 Å². The number of aryl methyl sites for hydroxylation is 1. The smallest absolute Gasteiger partial charge is 0.343 e. The summed E-state index contributed by atoms with van der Waals surface area (Å²) in [6, 6.07) is 19.5. The van der Waals surface area contributed by atoms with Crippen molar-refractivity contribution < 1.29 is 23.8 Å². The van der Waals surface area contributed by atoms with E-state index in [0.29, 0.717) is 39.6 Å². The van der Waals surface area contributed by atoms with Gasteiger partial charge in [-0.05, 0) is 75.4 Å². The van der Waals surface area contributed by atoms with Crippen LogP contribution in [0.1, 0.15) is 45.7 Å². The number of methoxy groups -OCH3 is 2. The van der Waals surface area contributed by atoms with Crippen LogP contribution in [-0.2, 0) is 4.74 Å². The van der Waals surface area contributed by atoms with Crippen molar-refractivity contribution in [1.29, 1.82) is 0 Å². The van der Waals surface area contributed by atoms with Gasteiger partial charge < -0.3 is 14.2 Å². The van der Waals surface area contributed by atoms with Gasteiger partial charge in [0.25, 0.3) is 5.91 Å². The Balaban J connectivity index is 1.71. The third-order valence-electron chi connectivity index (χ3n) is 5.74. The molecule has 0 N–H and O–H groups in total. The quantitative estimate of drug-likeness (QED) is 0.366. The Bertz CT molecular complexity index is 1290. The Morgan fingerprint density at radius 3 is 2.26 bits per heavy atom. The largest absolute Gasteiger partial charge is 0.497 e. The molecule has 0 unspecified atom stereocenters. The zero-order valence-corrected chi connectivity index (χ0v) is 19.9. The maximum atomic E-state index is 13.6. The molecule has 0 bridgehead atoms. The van der Waals surface area contributed by atoms with Crippen molar-refractivity contribution in [2.24, 2.45) is 0 Å². The number of fused-ring (bicyclic) bond motifs is 1. The predicted octanol–water partition coefficient (Wildman–Crippen LogP) is 5.65. The Hall–Kier alpha value is -4.06. The van der Waals surface area contributed by atoms with E-state index >= 15 is 0 Å². The van der Waals surface area contributed by atoms with Crippen LogP contribution in [0.4, 0.5) is 5.69 Å². The molecule has 4 rings (SSSR count). The van der Waals surface area contributed by atoms with Crippen LogP contribution in [-0.4, -0.2) is 31.6 Å². The maximum Gasteiger partial charge on any atom is 0.343 e. The van der Waals surface area contributed by atoms with Gasteiger partial charge in [0.05, 0.1) is 31.0 Å². The first-order valence-corrected chi connectivity index (χ1v) is 10.9. The minimum atomic E-state index is -0.641. The van der Waals surface area contributed by atoms with Crippen molar-refractivity contribution in [3.8, 4) is 11.5 Å². The predicted molar refractivity (Wildman–Crippen MR) is 131 cm³/mol. The zero-order valence-electron chi connectivity index (χ0n) is 19.9. The monoisotopic (exact) mass is 457 g/mol. The summed E-state index contributed by atoms with van der Waals surface area (Å²) in [6.45, 7) is 5.87. The number of esters is 1. The first kappa shape index (κ1) is 23.1. The molecule has 1 aliphatic heterocycles. The highest BCUT2D eigenvalue weighted by molar-refractivity contribution is 6.09. The first-order chi connectivity index (χ1) is 16.2. The van der Waals surface area contributed by atoms with Crippen LogP contribution < -0.4 is 14.4 Å². The standard InChI is InChI=1S/C28H27NO5/c1-18-8-6-9-19(14-18)26(30)29-24-13-12-22(16-23(24)25(33-5)17-28(29,2)3)34-27(31)20-10-7-11-21(15-20)32-4/h6-17H,1-5H3. The van der Waals surface area contributed by atoms with Gasteiger partial charge in [-0.2, -0.15) is 0 Å². The van der Waals surface area contributed by atoms with Gasteiger partial charge in [-0.25, -0.2) is 4.79 Å². The normalized spacial score (nSPS) is 14.0. The topological polar surface area (TPSA) is 65.1 Å². The van der Waals surface area contributed by atoms with Gasteiger partial charge in [-0.3, -0.25) is 9.69 Å². The molecule has 0 aliphatic carbocycles. The zero-order chi connectivity index (χ0) is 24.5. The highest BCUT2D eigenvalue weighted by Gasteiger charge is 2.38. The summed E-state index contributed by atoms with van der Waals surface area (Å²) in [5.74, 6) is 0.884. The van der Waals surface area contributed by atoms with Gasteiger partial charge in [0.2, 0.25) is 0 Å². The molecule has 34 heavy (non-hydrogen) atoms. The Labute approximate surface area is 199 Å². The van der Waals surface area contributed by atoms with Crippen LogP contribution in [0.2, 0.25) is 0 Å². The molecule has 0 atom stereocenters. The minimum absolute atomic E-state index is 0.123. The van der Waals surface area contributed by atoms with Gasteiger partial charge in [-0.1, -0.05) is 23.8 Å². The van der Waals surface area contributed by atoms with E-state index in [1.54, 1.807) is 54.5 Å². The fraction of sp³-hybridized carbons (Fsp3) is 0.214. The van der Waals surface area contributed by atoms with Crippen molar-refractivity contribution in [3.63, 3.8) is 0 Å². The van der Waals surface area contributed by atoms with Crippen molar-refractivity contribution in [1.82, 2.24) is 0 Å². The maximum absolute atomic E-state index is 13.6. The number of carbonyl (C=O) groups excluding carboxylic acids is 2. The number of amides is 1. The molecule has 174 valence electrons. The second-order valence-corrected chi connectivity index (χ2v) is 8.68. The van der Waals surface area contributed by atoms with E-state index in [4.69, 9.17) is 14.2 Å². The van der Waals surface area contributed by atoms with Crippen LogP contribution in [0, 0.1) is 6.92 Å². The molecule has 1 heterocycles. The van der Waals surface area contributed by atoms with E-state index in [2.05, 4.69) is 0 Å².